The summed E-state index contributed by atoms with van der Waals surface area (Å²) in [6, 6.07) is 9.89. The lowest BCUT2D eigenvalue weighted by Crippen LogP contribution is -2.28. The van der Waals surface area contributed by atoms with Crippen molar-refractivity contribution in [2.75, 3.05) is 0 Å². The fourth-order valence-corrected chi connectivity index (χ4v) is 4.45. The van der Waals surface area contributed by atoms with Crippen LogP contribution in [0.5, 0.6) is 0 Å². The first-order valence-corrected chi connectivity index (χ1v) is 10.7. The molecule has 0 bridgehead atoms. The summed E-state index contributed by atoms with van der Waals surface area (Å²) in [4.78, 5) is 25.6. The summed E-state index contributed by atoms with van der Waals surface area (Å²) in [5.41, 5.74) is 3.16. The van der Waals surface area contributed by atoms with Gasteiger partial charge in [-0.3, -0.25) is 9.78 Å². The number of hydrogen-bond donors (Lipinski definition) is 1. The van der Waals surface area contributed by atoms with Crippen molar-refractivity contribution in [2.24, 2.45) is 0 Å². The Balaban J connectivity index is 1.38. The highest BCUT2D eigenvalue weighted by Gasteiger charge is 2.16. The van der Waals surface area contributed by atoms with E-state index in [1.165, 1.54) is 34.8 Å². The molecule has 0 radical (unpaired) electrons. The van der Waals surface area contributed by atoms with E-state index in [9.17, 15) is 9.18 Å². The van der Waals surface area contributed by atoms with E-state index >= 15 is 0 Å². The molecular weight excluding hydrogens is 407 g/mol. The van der Waals surface area contributed by atoms with E-state index in [0.29, 0.717) is 16.3 Å². The van der Waals surface area contributed by atoms with Gasteiger partial charge in [-0.2, -0.15) is 0 Å². The molecule has 0 aliphatic rings. The molecule has 1 aromatic carbocycles. The van der Waals surface area contributed by atoms with Gasteiger partial charge in [0.2, 0.25) is 5.91 Å². The van der Waals surface area contributed by atoms with Crippen LogP contribution in [-0.4, -0.2) is 20.9 Å². The standard InChI is InChI=1S/C21H17FN4OS2/c1-13(20-26-18(12-29-20)15-5-3-7-23-10-15)24-19(27)9-17-11-28-21(25-17)14-4-2-6-16(22)8-14/h2-8,10-13H,9H2,1H3,(H,24,27). The van der Waals surface area contributed by atoms with Crippen LogP contribution < -0.4 is 5.32 Å². The fraction of sp³-hybridized carbons (Fsp3) is 0.143. The van der Waals surface area contributed by atoms with Crippen LogP contribution in [-0.2, 0) is 11.2 Å². The molecule has 0 fully saturated rings. The Bertz CT molecular complexity index is 1130. The number of benzene rings is 1. The van der Waals surface area contributed by atoms with Crippen LogP contribution in [0.25, 0.3) is 21.8 Å². The Labute approximate surface area is 175 Å². The highest BCUT2D eigenvalue weighted by molar-refractivity contribution is 7.13. The molecule has 1 amide bonds. The molecule has 1 atom stereocenters. The number of nitrogens with zero attached hydrogens (tertiary/aromatic N) is 3. The molecule has 0 aliphatic heterocycles. The second-order valence-corrected chi connectivity index (χ2v) is 8.18. The first-order chi connectivity index (χ1) is 14.1. The Hall–Kier alpha value is -2.97. The van der Waals surface area contributed by atoms with Crippen LogP contribution in [0, 0.1) is 5.82 Å². The minimum Gasteiger partial charge on any atom is -0.347 e. The molecule has 0 spiro atoms. The third-order valence-electron chi connectivity index (χ3n) is 4.19. The maximum atomic E-state index is 13.4. The lowest BCUT2D eigenvalue weighted by atomic mass is 10.2. The van der Waals surface area contributed by atoms with E-state index in [1.807, 2.05) is 29.8 Å². The minimum absolute atomic E-state index is 0.133. The zero-order valence-corrected chi connectivity index (χ0v) is 17.1. The van der Waals surface area contributed by atoms with Crippen molar-refractivity contribution in [3.8, 4) is 21.8 Å². The van der Waals surface area contributed by atoms with Gasteiger partial charge in [0.1, 0.15) is 15.8 Å². The Kier molecular flexibility index (Phi) is 5.73. The van der Waals surface area contributed by atoms with E-state index in [2.05, 4.69) is 20.3 Å². The van der Waals surface area contributed by atoms with E-state index in [1.54, 1.807) is 24.5 Å². The smallest absolute Gasteiger partial charge is 0.226 e. The van der Waals surface area contributed by atoms with Crippen molar-refractivity contribution in [3.05, 3.63) is 76.1 Å². The molecule has 4 aromatic rings. The number of carbonyl (C=O) groups excluding carboxylic acids is 1. The van der Waals surface area contributed by atoms with Crippen molar-refractivity contribution in [1.29, 1.82) is 0 Å². The molecule has 3 aromatic heterocycles. The second kappa shape index (κ2) is 8.59. The van der Waals surface area contributed by atoms with Gasteiger partial charge in [0, 0.05) is 34.3 Å². The van der Waals surface area contributed by atoms with E-state index in [0.717, 1.165) is 16.3 Å². The molecule has 1 N–H and O–H groups in total. The average molecular weight is 425 g/mol. The monoisotopic (exact) mass is 424 g/mol. The first-order valence-electron chi connectivity index (χ1n) is 8.94. The van der Waals surface area contributed by atoms with E-state index < -0.39 is 0 Å². The summed E-state index contributed by atoms with van der Waals surface area (Å²) < 4.78 is 13.4. The van der Waals surface area contributed by atoms with Gasteiger partial charge in [-0.15, -0.1) is 22.7 Å². The van der Waals surface area contributed by atoms with Crippen LogP contribution in [0.2, 0.25) is 0 Å². The average Bonchev–Trinajstić information content (AvgIpc) is 3.38. The third-order valence-corrected chi connectivity index (χ3v) is 6.16. The topological polar surface area (TPSA) is 67.8 Å². The van der Waals surface area contributed by atoms with Crippen LogP contribution in [0.3, 0.4) is 0 Å². The molecule has 146 valence electrons. The van der Waals surface area contributed by atoms with Gasteiger partial charge in [-0.25, -0.2) is 14.4 Å². The quantitative estimate of drug-likeness (QED) is 0.479. The molecule has 8 heteroatoms. The van der Waals surface area contributed by atoms with Crippen LogP contribution in [0.4, 0.5) is 4.39 Å². The lowest BCUT2D eigenvalue weighted by molar-refractivity contribution is -0.121. The maximum Gasteiger partial charge on any atom is 0.226 e. The Morgan fingerprint density at radius 1 is 1.14 bits per heavy atom. The molecule has 3 heterocycles. The van der Waals surface area contributed by atoms with Crippen molar-refractivity contribution in [1.82, 2.24) is 20.3 Å². The highest BCUT2D eigenvalue weighted by atomic mass is 32.1. The molecule has 5 nitrogen and oxygen atoms in total. The van der Waals surface area contributed by atoms with Crippen molar-refractivity contribution in [3.63, 3.8) is 0 Å². The van der Waals surface area contributed by atoms with E-state index in [-0.39, 0.29) is 24.2 Å². The van der Waals surface area contributed by atoms with Crippen molar-refractivity contribution in [2.45, 2.75) is 19.4 Å². The SMILES string of the molecule is CC(NC(=O)Cc1csc(-c2cccc(F)c2)n1)c1nc(-c2cccnc2)cs1. The number of hydrogen-bond acceptors (Lipinski definition) is 6. The Morgan fingerprint density at radius 2 is 2.00 bits per heavy atom. The maximum absolute atomic E-state index is 13.4. The van der Waals surface area contributed by atoms with Gasteiger partial charge in [0.15, 0.2) is 0 Å². The van der Waals surface area contributed by atoms with Crippen LogP contribution in [0.15, 0.2) is 59.6 Å². The third kappa shape index (κ3) is 4.72. The molecule has 4 rings (SSSR count). The minimum atomic E-state index is -0.306. The summed E-state index contributed by atoms with van der Waals surface area (Å²) in [6.07, 6.45) is 3.65. The van der Waals surface area contributed by atoms with Gasteiger partial charge >= 0.3 is 0 Å². The number of nitrogens with one attached hydrogen (secondary N) is 1. The first kappa shape index (κ1) is 19.4. The zero-order chi connectivity index (χ0) is 20.2. The number of amides is 1. The van der Waals surface area contributed by atoms with Gasteiger partial charge in [-0.1, -0.05) is 12.1 Å². The summed E-state index contributed by atoms with van der Waals surface area (Å²) in [5.74, 6) is -0.438. The second-order valence-electron chi connectivity index (χ2n) is 6.43. The Morgan fingerprint density at radius 3 is 2.79 bits per heavy atom. The number of carbonyl (C=O) groups is 1. The summed E-state index contributed by atoms with van der Waals surface area (Å²) in [6.45, 7) is 1.91. The molecule has 0 aliphatic carbocycles. The fourth-order valence-electron chi connectivity index (χ4n) is 2.79. The summed E-state index contributed by atoms with van der Waals surface area (Å²) in [7, 11) is 0. The summed E-state index contributed by atoms with van der Waals surface area (Å²) in [5, 5.41) is 8.28. The van der Waals surface area contributed by atoms with Crippen LogP contribution in [0.1, 0.15) is 23.7 Å². The predicted molar refractivity (Wildman–Crippen MR) is 113 cm³/mol. The number of thiazole rings is 2. The highest BCUT2D eigenvalue weighted by Crippen LogP contribution is 2.26. The van der Waals surface area contributed by atoms with E-state index in [4.69, 9.17) is 0 Å². The number of rotatable bonds is 6. The van der Waals surface area contributed by atoms with Gasteiger partial charge in [0.05, 0.1) is 23.9 Å². The zero-order valence-electron chi connectivity index (χ0n) is 15.5. The van der Waals surface area contributed by atoms with Gasteiger partial charge in [-0.05, 0) is 31.2 Å². The molecule has 0 saturated carbocycles. The summed E-state index contributed by atoms with van der Waals surface area (Å²) >= 11 is 2.90. The van der Waals surface area contributed by atoms with Crippen LogP contribution >= 0.6 is 22.7 Å². The number of halogens is 1. The number of pyridine rings is 1. The van der Waals surface area contributed by atoms with Gasteiger partial charge in [0.25, 0.3) is 0 Å². The largest absolute Gasteiger partial charge is 0.347 e. The normalized spacial score (nSPS) is 11.9. The number of aromatic nitrogens is 3. The van der Waals surface area contributed by atoms with Crippen molar-refractivity contribution >= 4 is 28.6 Å². The van der Waals surface area contributed by atoms with Gasteiger partial charge < -0.3 is 5.32 Å². The molecular formula is C21H17FN4OS2. The lowest BCUT2D eigenvalue weighted by Gasteiger charge is -2.10. The van der Waals surface area contributed by atoms with Crippen molar-refractivity contribution < 1.29 is 9.18 Å². The molecule has 1 unspecified atom stereocenters. The molecule has 29 heavy (non-hydrogen) atoms. The molecule has 0 saturated heterocycles. The predicted octanol–water partition coefficient (Wildman–Crippen LogP) is 4.89.